The van der Waals surface area contributed by atoms with Gasteiger partial charge in [-0.15, -0.1) is 0 Å². The number of nitrogens with zero attached hydrogens (tertiary/aromatic N) is 1. The zero-order valence-corrected chi connectivity index (χ0v) is 13.5. The van der Waals surface area contributed by atoms with Gasteiger partial charge in [0.25, 0.3) is 0 Å². The van der Waals surface area contributed by atoms with Gasteiger partial charge in [-0.1, -0.05) is 32.4 Å². The average molecular weight is 358 g/mol. The zero-order chi connectivity index (χ0) is 13.0. The van der Waals surface area contributed by atoms with Gasteiger partial charge in [0.15, 0.2) is 0 Å². The maximum atomic E-state index is 3.71. The Labute approximate surface area is 124 Å². The Hall–Kier alpha value is -0.290. The zero-order valence-electron chi connectivity index (χ0n) is 11.3. The summed E-state index contributed by atoms with van der Waals surface area (Å²) in [5.41, 5.74) is 1.40. The van der Waals surface area contributed by atoms with E-state index in [2.05, 4.69) is 70.9 Å². The molecule has 0 spiro atoms. The quantitative estimate of drug-likeness (QED) is 0.832. The van der Waals surface area contributed by atoms with Crippen LogP contribution in [0.25, 0.3) is 0 Å². The van der Waals surface area contributed by atoms with E-state index in [1.54, 1.807) is 0 Å². The maximum absolute atomic E-state index is 3.71. The Morgan fingerprint density at radius 3 is 2.94 bits per heavy atom. The van der Waals surface area contributed by atoms with Gasteiger partial charge < -0.3 is 10.2 Å². The molecule has 2 nitrogen and oxygen atoms in total. The average Bonchev–Trinajstić information content (AvgIpc) is 2.64. The molecule has 2 unspecified atom stereocenters. The van der Waals surface area contributed by atoms with Crippen LogP contribution in [0.4, 0.5) is 5.69 Å². The topological polar surface area (TPSA) is 15.3 Å². The summed E-state index contributed by atoms with van der Waals surface area (Å²) in [7, 11) is 0. The number of rotatable bonds is 3. The van der Waals surface area contributed by atoms with Crippen LogP contribution in [-0.4, -0.2) is 25.7 Å². The lowest BCUT2D eigenvalue weighted by molar-refractivity contribution is 0.384. The third kappa shape index (κ3) is 3.38. The lowest BCUT2D eigenvalue weighted by Gasteiger charge is -2.30. The molecule has 1 heterocycles. The maximum Gasteiger partial charge on any atom is 0.0502 e. The number of halogens is 1. The summed E-state index contributed by atoms with van der Waals surface area (Å²) in [6.07, 6.45) is 2.48. The molecule has 1 aliphatic rings. The van der Waals surface area contributed by atoms with E-state index in [1.165, 1.54) is 28.6 Å². The Bertz CT molecular complexity index is 381. The fourth-order valence-electron chi connectivity index (χ4n) is 2.54. The van der Waals surface area contributed by atoms with Crippen molar-refractivity contribution in [3.05, 3.63) is 27.8 Å². The Morgan fingerprint density at radius 1 is 1.44 bits per heavy atom. The van der Waals surface area contributed by atoms with Gasteiger partial charge in [0.05, 0.1) is 5.69 Å². The lowest BCUT2D eigenvalue weighted by atomic mass is 9.99. The molecule has 0 bridgehead atoms. The van der Waals surface area contributed by atoms with Crippen LogP contribution in [0.5, 0.6) is 0 Å². The first kappa shape index (κ1) is 14.1. The van der Waals surface area contributed by atoms with E-state index in [0.29, 0.717) is 6.04 Å². The molecule has 2 rings (SSSR count). The molecular formula is C15H23IN2. The summed E-state index contributed by atoms with van der Waals surface area (Å²) in [5, 5.41) is 3.71. The predicted molar refractivity (Wildman–Crippen MR) is 87.2 cm³/mol. The minimum atomic E-state index is 0.619. The molecule has 0 saturated carbocycles. The van der Waals surface area contributed by atoms with E-state index < -0.39 is 0 Å². The molecule has 1 saturated heterocycles. The van der Waals surface area contributed by atoms with Crippen molar-refractivity contribution in [3.8, 4) is 0 Å². The molecule has 1 aromatic rings. The standard InChI is InChI=1S/C15H23IN2/c1-3-12(2)14-11-18(10-6-9-17-14)15-8-5-4-7-13(15)16/h4-5,7-8,12,14,17H,3,6,9-11H2,1-2H3. The van der Waals surface area contributed by atoms with Gasteiger partial charge in [0.2, 0.25) is 0 Å². The van der Waals surface area contributed by atoms with Crippen molar-refractivity contribution < 1.29 is 0 Å². The summed E-state index contributed by atoms with van der Waals surface area (Å²) in [6.45, 7) is 8.09. The molecule has 2 atom stereocenters. The number of anilines is 1. The summed E-state index contributed by atoms with van der Waals surface area (Å²) in [5.74, 6) is 0.743. The molecule has 1 aromatic carbocycles. The Morgan fingerprint density at radius 2 is 2.22 bits per heavy atom. The van der Waals surface area contributed by atoms with E-state index in [-0.39, 0.29) is 0 Å². The summed E-state index contributed by atoms with van der Waals surface area (Å²) in [4.78, 5) is 2.55. The summed E-state index contributed by atoms with van der Waals surface area (Å²) in [6, 6.07) is 9.34. The first-order chi connectivity index (χ1) is 8.72. The minimum Gasteiger partial charge on any atom is -0.369 e. The molecule has 0 radical (unpaired) electrons. The number of hydrogen-bond acceptors (Lipinski definition) is 2. The number of hydrogen-bond donors (Lipinski definition) is 1. The van der Waals surface area contributed by atoms with Gasteiger partial charge in [-0.3, -0.25) is 0 Å². The van der Waals surface area contributed by atoms with Crippen molar-refractivity contribution >= 4 is 28.3 Å². The first-order valence-electron chi connectivity index (χ1n) is 6.95. The van der Waals surface area contributed by atoms with Crippen LogP contribution < -0.4 is 10.2 Å². The second-order valence-corrected chi connectivity index (χ2v) is 6.36. The van der Waals surface area contributed by atoms with Crippen LogP contribution in [-0.2, 0) is 0 Å². The minimum absolute atomic E-state index is 0.619. The molecule has 0 aromatic heterocycles. The van der Waals surface area contributed by atoms with Crippen molar-refractivity contribution in [2.24, 2.45) is 5.92 Å². The summed E-state index contributed by atoms with van der Waals surface area (Å²) < 4.78 is 1.36. The normalized spacial score (nSPS) is 22.6. The lowest BCUT2D eigenvalue weighted by Crippen LogP contribution is -2.42. The molecule has 3 heteroatoms. The van der Waals surface area contributed by atoms with E-state index >= 15 is 0 Å². The first-order valence-corrected chi connectivity index (χ1v) is 8.03. The highest BCUT2D eigenvalue weighted by molar-refractivity contribution is 14.1. The molecular weight excluding hydrogens is 335 g/mol. The van der Waals surface area contributed by atoms with Crippen molar-refractivity contribution in [2.75, 3.05) is 24.5 Å². The van der Waals surface area contributed by atoms with Crippen molar-refractivity contribution in [2.45, 2.75) is 32.7 Å². The van der Waals surface area contributed by atoms with Gasteiger partial charge in [-0.2, -0.15) is 0 Å². The summed E-state index contributed by atoms with van der Waals surface area (Å²) >= 11 is 2.45. The van der Waals surface area contributed by atoms with Gasteiger partial charge >= 0.3 is 0 Å². The van der Waals surface area contributed by atoms with Crippen molar-refractivity contribution in [1.29, 1.82) is 0 Å². The Balaban J connectivity index is 2.14. The number of para-hydroxylation sites is 1. The van der Waals surface area contributed by atoms with Crippen LogP contribution in [0.1, 0.15) is 26.7 Å². The fourth-order valence-corrected chi connectivity index (χ4v) is 3.27. The van der Waals surface area contributed by atoms with Crippen LogP contribution in [0.3, 0.4) is 0 Å². The van der Waals surface area contributed by atoms with Crippen LogP contribution in [0.2, 0.25) is 0 Å². The van der Waals surface area contributed by atoms with Crippen LogP contribution in [0.15, 0.2) is 24.3 Å². The van der Waals surface area contributed by atoms with E-state index in [9.17, 15) is 0 Å². The second kappa shape index (κ2) is 6.75. The van der Waals surface area contributed by atoms with Gasteiger partial charge in [-0.25, -0.2) is 0 Å². The van der Waals surface area contributed by atoms with E-state index in [1.807, 2.05) is 0 Å². The predicted octanol–water partition coefficient (Wildman–Crippen LogP) is 3.51. The van der Waals surface area contributed by atoms with Crippen LogP contribution >= 0.6 is 22.6 Å². The third-order valence-corrected chi connectivity index (χ3v) is 4.86. The number of nitrogens with one attached hydrogen (secondary N) is 1. The van der Waals surface area contributed by atoms with Crippen molar-refractivity contribution in [3.63, 3.8) is 0 Å². The molecule has 100 valence electrons. The number of benzene rings is 1. The van der Waals surface area contributed by atoms with Gasteiger partial charge in [-0.05, 0) is 53.6 Å². The van der Waals surface area contributed by atoms with E-state index in [4.69, 9.17) is 0 Å². The van der Waals surface area contributed by atoms with Crippen LogP contribution in [0, 0.1) is 9.49 Å². The fraction of sp³-hybridized carbons (Fsp3) is 0.600. The molecule has 1 N–H and O–H groups in total. The van der Waals surface area contributed by atoms with Gasteiger partial charge in [0, 0.05) is 22.7 Å². The van der Waals surface area contributed by atoms with E-state index in [0.717, 1.165) is 19.0 Å². The SMILES string of the molecule is CCC(C)C1CN(c2ccccc2I)CCCN1. The largest absolute Gasteiger partial charge is 0.369 e. The highest BCUT2D eigenvalue weighted by atomic mass is 127. The molecule has 0 amide bonds. The Kier molecular flexibility index (Phi) is 5.30. The molecule has 1 aliphatic heterocycles. The van der Waals surface area contributed by atoms with Crippen molar-refractivity contribution in [1.82, 2.24) is 5.32 Å². The monoisotopic (exact) mass is 358 g/mol. The highest BCUT2D eigenvalue weighted by Crippen LogP contribution is 2.24. The smallest absolute Gasteiger partial charge is 0.0502 e. The molecule has 0 aliphatic carbocycles. The highest BCUT2D eigenvalue weighted by Gasteiger charge is 2.22. The molecule has 1 fully saturated rings. The third-order valence-electron chi connectivity index (χ3n) is 3.95. The molecule has 18 heavy (non-hydrogen) atoms. The second-order valence-electron chi connectivity index (χ2n) is 5.20. The van der Waals surface area contributed by atoms with Gasteiger partial charge in [0.1, 0.15) is 0 Å².